The Morgan fingerprint density at radius 3 is 2.40 bits per heavy atom. The Labute approximate surface area is 156 Å². The van der Waals surface area contributed by atoms with E-state index < -0.39 is 0 Å². The molecule has 1 nitrogen and oxygen atoms in total. The molecule has 0 aromatic carbocycles. The zero-order valence-corrected chi connectivity index (χ0v) is 17.4. The van der Waals surface area contributed by atoms with Gasteiger partial charge in [-0.25, -0.2) is 0 Å². The van der Waals surface area contributed by atoms with Crippen LogP contribution in [0.3, 0.4) is 0 Å². The van der Waals surface area contributed by atoms with Gasteiger partial charge in [0.2, 0.25) is 0 Å². The van der Waals surface area contributed by atoms with Crippen LogP contribution in [0.15, 0.2) is 0 Å². The summed E-state index contributed by atoms with van der Waals surface area (Å²) in [6.07, 6.45) is 15.9. The van der Waals surface area contributed by atoms with E-state index in [1.54, 1.807) is 0 Å². The Kier molecular flexibility index (Phi) is 4.79. The maximum atomic E-state index is 6.36. The lowest BCUT2D eigenvalue weighted by Gasteiger charge is -2.61. The number of rotatable bonds is 3. The molecule has 9 atom stereocenters. The molecule has 4 rings (SSSR count). The van der Waals surface area contributed by atoms with Crippen molar-refractivity contribution in [2.45, 2.75) is 104 Å². The van der Waals surface area contributed by atoms with E-state index in [2.05, 4.69) is 27.7 Å². The second kappa shape index (κ2) is 6.54. The number of fused-ring (bicyclic) bond motifs is 5. The van der Waals surface area contributed by atoms with Gasteiger partial charge in [-0.05, 0) is 104 Å². The van der Waals surface area contributed by atoms with Crippen LogP contribution in [0.4, 0.5) is 0 Å². The standard InChI is InChI=1S/C24H43N/c1-5-6-16(2)20-9-10-21-19-8-7-17-15-18(25)11-13-23(17,3)22(19)12-14-24(20,21)4/h16-22H,5-15,25H2,1-4H3/t16?,17-,18+,19?,20-,21?,22?,23+,24-/m1/s1. The molecule has 0 aromatic heterocycles. The zero-order valence-electron chi connectivity index (χ0n) is 17.4. The lowest BCUT2D eigenvalue weighted by molar-refractivity contribution is -0.116. The highest BCUT2D eigenvalue weighted by atomic mass is 14.7. The third-order valence-electron chi connectivity index (χ3n) is 10.2. The Bertz CT molecular complexity index is 486. The third kappa shape index (κ3) is 2.74. The van der Waals surface area contributed by atoms with Crippen LogP contribution in [0.25, 0.3) is 0 Å². The Balaban J connectivity index is 1.56. The first kappa shape index (κ1) is 18.3. The Morgan fingerprint density at radius 2 is 1.64 bits per heavy atom. The maximum Gasteiger partial charge on any atom is 0.00418 e. The van der Waals surface area contributed by atoms with Crippen LogP contribution in [-0.4, -0.2) is 6.04 Å². The third-order valence-corrected chi connectivity index (χ3v) is 10.2. The van der Waals surface area contributed by atoms with Crippen molar-refractivity contribution in [1.82, 2.24) is 0 Å². The molecule has 0 radical (unpaired) electrons. The molecule has 0 aliphatic heterocycles. The van der Waals surface area contributed by atoms with E-state index in [-0.39, 0.29) is 0 Å². The van der Waals surface area contributed by atoms with E-state index in [9.17, 15) is 0 Å². The maximum absolute atomic E-state index is 6.36. The molecule has 1 heteroatoms. The minimum absolute atomic E-state index is 0.495. The molecule has 4 aliphatic rings. The minimum atomic E-state index is 0.495. The molecule has 25 heavy (non-hydrogen) atoms. The fourth-order valence-corrected chi connectivity index (χ4v) is 8.92. The van der Waals surface area contributed by atoms with Gasteiger partial charge in [-0.15, -0.1) is 0 Å². The van der Waals surface area contributed by atoms with E-state index in [4.69, 9.17) is 5.73 Å². The van der Waals surface area contributed by atoms with Crippen molar-refractivity contribution in [3.8, 4) is 0 Å². The molecule has 4 fully saturated rings. The molecule has 4 saturated carbocycles. The minimum Gasteiger partial charge on any atom is -0.328 e. The lowest BCUT2D eigenvalue weighted by atomic mass is 9.44. The fraction of sp³-hybridized carbons (Fsp3) is 1.00. The van der Waals surface area contributed by atoms with Crippen molar-refractivity contribution in [1.29, 1.82) is 0 Å². The van der Waals surface area contributed by atoms with Gasteiger partial charge in [0.15, 0.2) is 0 Å². The summed E-state index contributed by atoms with van der Waals surface area (Å²) in [5.41, 5.74) is 7.63. The molecular weight excluding hydrogens is 302 g/mol. The van der Waals surface area contributed by atoms with Gasteiger partial charge in [0.1, 0.15) is 0 Å². The van der Waals surface area contributed by atoms with Gasteiger partial charge in [0.05, 0.1) is 0 Å². The van der Waals surface area contributed by atoms with E-state index in [0.29, 0.717) is 16.9 Å². The number of hydrogen-bond donors (Lipinski definition) is 1. The largest absolute Gasteiger partial charge is 0.328 e. The average Bonchev–Trinajstić information content (AvgIpc) is 2.93. The average molecular weight is 346 g/mol. The van der Waals surface area contributed by atoms with Gasteiger partial charge in [0, 0.05) is 6.04 Å². The normalized spacial score (nSPS) is 53.6. The molecular formula is C24H43N. The lowest BCUT2D eigenvalue weighted by Crippen LogP contribution is -2.54. The smallest absolute Gasteiger partial charge is 0.00418 e. The first-order valence-electron chi connectivity index (χ1n) is 11.7. The SMILES string of the molecule is CCCC(C)[C@H]1CCC2C3CC[C@@H]4C[C@@H](N)CC[C@]4(C)C3CC[C@@]21C. The van der Waals surface area contributed by atoms with Crippen molar-refractivity contribution in [2.24, 2.45) is 52.1 Å². The summed E-state index contributed by atoms with van der Waals surface area (Å²) in [6, 6.07) is 0.495. The molecule has 0 heterocycles. The first-order valence-corrected chi connectivity index (χ1v) is 11.7. The fourth-order valence-electron chi connectivity index (χ4n) is 8.92. The number of hydrogen-bond acceptors (Lipinski definition) is 1. The highest BCUT2D eigenvalue weighted by Gasteiger charge is 2.60. The second-order valence-electron chi connectivity index (χ2n) is 11.2. The quantitative estimate of drug-likeness (QED) is 0.628. The summed E-state index contributed by atoms with van der Waals surface area (Å²) in [7, 11) is 0. The predicted molar refractivity (Wildman–Crippen MR) is 107 cm³/mol. The van der Waals surface area contributed by atoms with Gasteiger partial charge in [0.25, 0.3) is 0 Å². The van der Waals surface area contributed by atoms with Gasteiger partial charge < -0.3 is 5.73 Å². The summed E-state index contributed by atoms with van der Waals surface area (Å²) in [6.45, 7) is 10.3. The van der Waals surface area contributed by atoms with Gasteiger partial charge in [-0.2, -0.15) is 0 Å². The van der Waals surface area contributed by atoms with Crippen LogP contribution in [0.5, 0.6) is 0 Å². The van der Waals surface area contributed by atoms with Crippen molar-refractivity contribution in [3.63, 3.8) is 0 Å². The van der Waals surface area contributed by atoms with Crippen LogP contribution in [0.2, 0.25) is 0 Å². The van der Waals surface area contributed by atoms with Crippen LogP contribution in [-0.2, 0) is 0 Å². The predicted octanol–water partition coefficient (Wildman–Crippen LogP) is 6.41. The van der Waals surface area contributed by atoms with Crippen LogP contribution < -0.4 is 5.73 Å². The van der Waals surface area contributed by atoms with E-state index in [0.717, 1.165) is 35.5 Å². The van der Waals surface area contributed by atoms with Gasteiger partial charge >= 0.3 is 0 Å². The van der Waals surface area contributed by atoms with E-state index >= 15 is 0 Å². The van der Waals surface area contributed by atoms with Crippen LogP contribution in [0.1, 0.15) is 98.3 Å². The van der Waals surface area contributed by atoms with Crippen molar-refractivity contribution < 1.29 is 0 Å². The molecule has 0 amide bonds. The van der Waals surface area contributed by atoms with E-state index in [1.807, 2.05) is 0 Å². The Morgan fingerprint density at radius 1 is 0.920 bits per heavy atom. The molecule has 0 saturated heterocycles. The first-order chi connectivity index (χ1) is 11.9. The monoisotopic (exact) mass is 345 g/mol. The molecule has 0 bridgehead atoms. The van der Waals surface area contributed by atoms with E-state index in [1.165, 1.54) is 70.6 Å². The summed E-state index contributed by atoms with van der Waals surface area (Å²) >= 11 is 0. The summed E-state index contributed by atoms with van der Waals surface area (Å²) in [5.74, 6) is 5.95. The summed E-state index contributed by atoms with van der Waals surface area (Å²) in [5, 5.41) is 0. The van der Waals surface area contributed by atoms with Gasteiger partial charge in [-0.1, -0.05) is 40.5 Å². The molecule has 0 aromatic rings. The van der Waals surface area contributed by atoms with Crippen molar-refractivity contribution in [3.05, 3.63) is 0 Å². The second-order valence-corrected chi connectivity index (χ2v) is 11.2. The molecule has 2 N–H and O–H groups in total. The summed E-state index contributed by atoms with van der Waals surface area (Å²) in [4.78, 5) is 0. The molecule has 0 spiro atoms. The molecule has 4 unspecified atom stereocenters. The van der Waals surface area contributed by atoms with Crippen molar-refractivity contribution >= 4 is 0 Å². The Hall–Kier alpha value is -0.0400. The molecule has 144 valence electrons. The summed E-state index contributed by atoms with van der Waals surface area (Å²) < 4.78 is 0. The van der Waals surface area contributed by atoms with Crippen LogP contribution >= 0.6 is 0 Å². The van der Waals surface area contributed by atoms with Crippen molar-refractivity contribution in [2.75, 3.05) is 0 Å². The number of nitrogens with two attached hydrogens (primary N) is 1. The van der Waals surface area contributed by atoms with Gasteiger partial charge in [-0.3, -0.25) is 0 Å². The van der Waals surface area contributed by atoms with Crippen LogP contribution in [0, 0.1) is 46.3 Å². The molecule has 4 aliphatic carbocycles. The zero-order chi connectivity index (χ0) is 17.8. The highest BCUT2D eigenvalue weighted by Crippen LogP contribution is 2.68. The highest BCUT2D eigenvalue weighted by molar-refractivity contribution is 5.09. The topological polar surface area (TPSA) is 26.0 Å².